The van der Waals surface area contributed by atoms with Gasteiger partial charge in [0.05, 0.1) is 29.9 Å². The predicted molar refractivity (Wildman–Crippen MR) is 99.3 cm³/mol. The van der Waals surface area contributed by atoms with E-state index in [9.17, 15) is 19.3 Å². The van der Waals surface area contributed by atoms with Crippen LogP contribution in [-0.4, -0.2) is 30.4 Å². The molecule has 9 nitrogen and oxygen atoms in total. The van der Waals surface area contributed by atoms with Crippen molar-refractivity contribution >= 4 is 17.5 Å². The van der Waals surface area contributed by atoms with Crippen molar-refractivity contribution in [2.45, 2.75) is 33.4 Å². The number of halogens is 1. The van der Waals surface area contributed by atoms with Gasteiger partial charge in [0.25, 0.3) is 0 Å². The molecule has 0 saturated heterocycles. The van der Waals surface area contributed by atoms with Crippen LogP contribution in [0.2, 0.25) is 0 Å². The maximum absolute atomic E-state index is 13.8. The van der Waals surface area contributed by atoms with E-state index in [1.54, 1.807) is 35.9 Å². The average molecular weight is 386 g/mol. The third-order valence-electron chi connectivity index (χ3n) is 4.23. The Bertz CT molecular complexity index is 1030. The molecule has 1 amide bonds. The van der Waals surface area contributed by atoms with Crippen LogP contribution in [0.1, 0.15) is 23.4 Å². The van der Waals surface area contributed by atoms with E-state index >= 15 is 0 Å². The average Bonchev–Trinajstić information content (AvgIpc) is 3.18. The van der Waals surface area contributed by atoms with Crippen LogP contribution in [0, 0.1) is 29.8 Å². The Kier molecular flexibility index (Phi) is 5.48. The van der Waals surface area contributed by atoms with Crippen molar-refractivity contribution in [2.75, 3.05) is 5.32 Å². The Morgan fingerprint density at radius 1 is 1.18 bits per heavy atom. The van der Waals surface area contributed by atoms with Gasteiger partial charge in [-0.05, 0) is 24.8 Å². The quantitative estimate of drug-likeness (QED) is 0.496. The van der Waals surface area contributed by atoms with Crippen LogP contribution in [0.3, 0.4) is 0 Å². The lowest BCUT2D eigenvalue weighted by Crippen LogP contribution is -2.16. The molecule has 0 aliphatic heterocycles. The van der Waals surface area contributed by atoms with Crippen molar-refractivity contribution in [3.05, 3.63) is 69.3 Å². The monoisotopic (exact) mass is 386 g/mol. The van der Waals surface area contributed by atoms with Gasteiger partial charge in [-0.25, -0.2) is 4.39 Å². The van der Waals surface area contributed by atoms with Gasteiger partial charge in [-0.2, -0.15) is 9.78 Å². The zero-order valence-corrected chi connectivity index (χ0v) is 15.4. The molecule has 10 heteroatoms. The zero-order valence-electron chi connectivity index (χ0n) is 15.4. The maximum Gasteiger partial charge on any atom is 0.390 e. The van der Waals surface area contributed by atoms with Gasteiger partial charge in [-0.1, -0.05) is 18.2 Å². The minimum absolute atomic E-state index is 0.0822. The van der Waals surface area contributed by atoms with E-state index in [1.165, 1.54) is 16.8 Å². The summed E-state index contributed by atoms with van der Waals surface area (Å²) in [6.45, 7) is 3.96. The minimum Gasteiger partial charge on any atom is -0.358 e. The molecular formula is C18H19FN6O3. The second-order valence-corrected chi connectivity index (χ2v) is 6.34. The van der Waals surface area contributed by atoms with E-state index in [1.807, 2.05) is 6.92 Å². The number of carbonyl (C=O) groups excluding carboxylic acids is 1. The van der Waals surface area contributed by atoms with Crippen molar-refractivity contribution < 1.29 is 14.1 Å². The number of carbonyl (C=O) groups is 1. The first kappa shape index (κ1) is 19.2. The first-order valence-corrected chi connectivity index (χ1v) is 8.60. The molecule has 0 saturated carbocycles. The van der Waals surface area contributed by atoms with Crippen molar-refractivity contribution in [2.24, 2.45) is 0 Å². The highest BCUT2D eigenvalue weighted by Crippen LogP contribution is 2.15. The molecule has 0 unspecified atom stereocenters. The minimum atomic E-state index is -0.575. The molecule has 0 atom stereocenters. The van der Waals surface area contributed by atoms with Gasteiger partial charge in [0.2, 0.25) is 5.91 Å². The molecule has 0 spiro atoms. The molecule has 2 aromatic heterocycles. The number of nitrogens with zero attached hydrogens (tertiary/aromatic N) is 5. The molecule has 0 radical (unpaired) electrons. The molecule has 2 heterocycles. The van der Waals surface area contributed by atoms with Crippen molar-refractivity contribution in [1.82, 2.24) is 19.6 Å². The van der Waals surface area contributed by atoms with Gasteiger partial charge in [-0.15, -0.1) is 0 Å². The smallest absolute Gasteiger partial charge is 0.358 e. The van der Waals surface area contributed by atoms with Crippen LogP contribution in [0.25, 0.3) is 0 Å². The van der Waals surface area contributed by atoms with Gasteiger partial charge < -0.3 is 15.4 Å². The van der Waals surface area contributed by atoms with E-state index in [4.69, 9.17) is 0 Å². The standard InChI is InChI=1S/C18H19FN6O3/c1-12-9-16(21-24(12)11-14-5-3-4-6-15(14)19)20-18(26)7-8-23-13(2)10-17(22-23)25(27)28/h3-6,9-10H,7-8,11H2,1-2H3,(H,20,21,26). The third kappa shape index (κ3) is 4.40. The van der Waals surface area contributed by atoms with E-state index in [0.29, 0.717) is 17.1 Å². The summed E-state index contributed by atoms with van der Waals surface area (Å²) in [6.07, 6.45) is 0.0822. The summed E-state index contributed by atoms with van der Waals surface area (Å²) in [5.41, 5.74) is 1.88. The second-order valence-electron chi connectivity index (χ2n) is 6.34. The van der Waals surface area contributed by atoms with Crippen LogP contribution in [0.4, 0.5) is 16.0 Å². The van der Waals surface area contributed by atoms with Gasteiger partial charge in [0.1, 0.15) is 5.82 Å². The molecule has 0 aliphatic rings. The van der Waals surface area contributed by atoms with Gasteiger partial charge in [0.15, 0.2) is 5.82 Å². The van der Waals surface area contributed by atoms with Crippen molar-refractivity contribution in [3.8, 4) is 0 Å². The summed E-state index contributed by atoms with van der Waals surface area (Å²) in [4.78, 5) is 22.3. The van der Waals surface area contributed by atoms with Gasteiger partial charge in [-0.3, -0.25) is 9.48 Å². The number of aromatic nitrogens is 4. The Morgan fingerprint density at radius 3 is 2.57 bits per heavy atom. The summed E-state index contributed by atoms with van der Waals surface area (Å²) >= 11 is 0. The fraction of sp³-hybridized carbons (Fsp3) is 0.278. The molecular weight excluding hydrogens is 367 g/mol. The highest BCUT2D eigenvalue weighted by atomic mass is 19.1. The van der Waals surface area contributed by atoms with Crippen LogP contribution < -0.4 is 5.32 Å². The number of hydrogen-bond donors (Lipinski definition) is 1. The maximum atomic E-state index is 13.8. The number of amides is 1. The van der Waals surface area contributed by atoms with E-state index in [2.05, 4.69) is 15.5 Å². The van der Waals surface area contributed by atoms with Crippen LogP contribution in [-0.2, 0) is 17.9 Å². The van der Waals surface area contributed by atoms with Gasteiger partial charge in [0, 0.05) is 23.7 Å². The highest BCUT2D eigenvalue weighted by Gasteiger charge is 2.16. The Hall–Kier alpha value is -3.56. The lowest BCUT2D eigenvalue weighted by atomic mass is 10.2. The number of aryl methyl sites for hydroxylation is 3. The molecule has 3 aromatic rings. The number of rotatable bonds is 7. The van der Waals surface area contributed by atoms with Crippen LogP contribution in [0.5, 0.6) is 0 Å². The molecule has 3 rings (SSSR count). The summed E-state index contributed by atoms with van der Waals surface area (Å²) in [7, 11) is 0. The van der Waals surface area contributed by atoms with Crippen molar-refractivity contribution in [1.29, 1.82) is 0 Å². The molecule has 28 heavy (non-hydrogen) atoms. The lowest BCUT2D eigenvalue weighted by molar-refractivity contribution is -0.389. The van der Waals surface area contributed by atoms with Gasteiger partial charge >= 0.3 is 5.82 Å². The number of nitro groups is 1. The number of benzene rings is 1. The fourth-order valence-electron chi connectivity index (χ4n) is 2.74. The molecule has 0 fully saturated rings. The SMILES string of the molecule is Cc1cc(NC(=O)CCn2nc([N+](=O)[O-])cc2C)nn1Cc1ccccc1F. The topological polar surface area (TPSA) is 108 Å². The predicted octanol–water partition coefficient (Wildman–Crippen LogP) is 2.82. The van der Waals surface area contributed by atoms with E-state index in [0.717, 1.165) is 5.69 Å². The summed E-state index contributed by atoms with van der Waals surface area (Å²) < 4.78 is 16.8. The number of anilines is 1. The molecule has 1 aromatic carbocycles. The third-order valence-corrected chi connectivity index (χ3v) is 4.23. The van der Waals surface area contributed by atoms with E-state index < -0.39 is 4.92 Å². The second kappa shape index (κ2) is 7.99. The Labute approximate surface area is 159 Å². The molecule has 0 aliphatic carbocycles. The first-order chi connectivity index (χ1) is 13.3. The van der Waals surface area contributed by atoms with Crippen LogP contribution >= 0.6 is 0 Å². The zero-order chi connectivity index (χ0) is 20.3. The highest BCUT2D eigenvalue weighted by molar-refractivity contribution is 5.89. The normalized spacial score (nSPS) is 10.8. The number of nitrogens with one attached hydrogen (secondary N) is 1. The molecule has 1 N–H and O–H groups in total. The summed E-state index contributed by atoms with van der Waals surface area (Å²) in [6, 6.07) is 9.49. The first-order valence-electron chi connectivity index (χ1n) is 8.60. The molecule has 146 valence electrons. The summed E-state index contributed by atoms with van der Waals surface area (Å²) in [5, 5.41) is 21.6. The lowest BCUT2D eigenvalue weighted by Gasteiger charge is -2.05. The van der Waals surface area contributed by atoms with Crippen LogP contribution in [0.15, 0.2) is 36.4 Å². The summed E-state index contributed by atoms with van der Waals surface area (Å²) in [5.74, 6) is -0.498. The molecule has 0 bridgehead atoms. The fourth-order valence-corrected chi connectivity index (χ4v) is 2.74. The Morgan fingerprint density at radius 2 is 1.89 bits per heavy atom. The largest absolute Gasteiger partial charge is 0.390 e. The van der Waals surface area contributed by atoms with E-state index in [-0.39, 0.29) is 37.1 Å². The number of hydrogen-bond acceptors (Lipinski definition) is 5. The van der Waals surface area contributed by atoms with Crippen molar-refractivity contribution in [3.63, 3.8) is 0 Å². The Balaban J connectivity index is 1.60.